The van der Waals surface area contributed by atoms with Crippen LogP contribution in [0.2, 0.25) is 0 Å². The van der Waals surface area contributed by atoms with E-state index in [0.717, 1.165) is 5.56 Å². The second kappa shape index (κ2) is 10.3. The van der Waals surface area contributed by atoms with E-state index in [2.05, 4.69) is 26.5 Å². The molecule has 8 heteroatoms. The van der Waals surface area contributed by atoms with Gasteiger partial charge in [-0.05, 0) is 53.9 Å². The molecule has 2 aromatic carbocycles. The average Bonchev–Trinajstić information content (AvgIpc) is 3.39. The maximum absolute atomic E-state index is 12.9. The number of aromatic nitrogens is 1. The van der Waals surface area contributed by atoms with Crippen LogP contribution < -0.4 is 5.32 Å². The van der Waals surface area contributed by atoms with Gasteiger partial charge in [0.05, 0.1) is 20.2 Å². The van der Waals surface area contributed by atoms with Crippen LogP contribution in [0.5, 0.6) is 0 Å². The molecule has 1 unspecified atom stereocenters. The molecule has 4 aromatic rings. The van der Waals surface area contributed by atoms with E-state index in [9.17, 15) is 13.8 Å². The SMILES string of the molecule is CS(=O)(=NC(=O)c1cncc(C#Cc2ccc(NC(=O)c3cccs3)cc2)c1)c1ccccc1. The summed E-state index contributed by atoms with van der Waals surface area (Å²) in [6.45, 7) is 0. The molecule has 0 aliphatic heterocycles. The molecule has 0 radical (unpaired) electrons. The van der Waals surface area contributed by atoms with Crippen LogP contribution in [-0.2, 0) is 9.73 Å². The van der Waals surface area contributed by atoms with Crippen molar-refractivity contribution < 1.29 is 13.8 Å². The Bertz CT molecular complexity index is 1510. The molecular weight excluding hydrogens is 466 g/mol. The van der Waals surface area contributed by atoms with E-state index in [1.807, 2.05) is 17.5 Å². The number of hydrogen-bond acceptors (Lipinski definition) is 5. The van der Waals surface area contributed by atoms with E-state index >= 15 is 0 Å². The lowest BCUT2D eigenvalue weighted by atomic mass is 10.1. The summed E-state index contributed by atoms with van der Waals surface area (Å²) in [4.78, 5) is 29.9. The number of nitrogens with one attached hydrogen (secondary N) is 1. The van der Waals surface area contributed by atoms with Gasteiger partial charge in [-0.15, -0.1) is 11.3 Å². The third kappa shape index (κ3) is 5.84. The van der Waals surface area contributed by atoms with E-state index in [4.69, 9.17) is 0 Å². The molecule has 0 fully saturated rings. The van der Waals surface area contributed by atoms with E-state index < -0.39 is 15.6 Å². The first kappa shape index (κ1) is 23.1. The van der Waals surface area contributed by atoms with E-state index in [0.29, 0.717) is 21.0 Å². The maximum Gasteiger partial charge on any atom is 0.286 e. The minimum atomic E-state index is -2.87. The predicted molar refractivity (Wildman–Crippen MR) is 134 cm³/mol. The summed E-state index contributed by atoms with van der Waals surface area (Å²) in [6.07, 6.45) is 4.35. The molecule has 0 aliphatic rings. The molecule has 0 saturated carbocycles. The summed E-state index contributed by atoms with van der Waals surface area (Å²) in [7, 11) is -2.87. The topological polar surface area (TPSA) is 88.5 Å². The van der Waals surface area contributed by atoms with E-state index in [-0.39, 0.29) is 11.5 Å². The van der Waals surface area contributed by atoms with Crippen LogP contribution in [0, 0.1) is 11.8 Å². The number of benzene rings is 2. The molecule has 0 spiro atoms. The predicted octanol–water partition coefficient (Wildman–Crippen LogP) is 5.09. The Morgan fingerprint density at radius 2 is 1.68 bits per heavy atom. The Morgan fingerprint density at radius 3 is 2.38 bits per heavy atom. The molecule has 0 bridgehead atoms. The van der Waals surface area contributed by atoms with Gasteiger partial charge in [-0.1, -0.05) is 36.1 Å². The Kier molecular flexibility index (Phi) is 6.97. The number of hydrogen-bond donors (Lipinski definition) is 1. The number of nitrogens with zero attached hydrogens (tertiary/aromatic N) is 2. The highest BCUT2D eigenvalue weighted by Gasteiger charge is 2.12. The standard InChI is InChI=1S/C26H19N3O3S2/c1-34(32,23-6-3-2-4-7-23)29-25(30)21-16-20(17-27-18-21)10-9-19-11-13-22(14-12-19)28-26(31)24-8-5-15-33-24/h2-8,11-18H,1H3,(H,28,31). The molecule has 2 amide bonds. The van der Waals surface area contributed by atoms with Crippen molar-refractivity contribution in [3.63, 3.8) is 0 Å². The zero-order valence-electron chi connectivity index (χ0n) is 18.1. The van der Waals surface area contributed by atoms with Crippen LogP contribution in [0.4, 0.5) is 5.69 Å². The Morgan fingerprint density at radius 1 is 0.941 bits per heavy atom. The fraction of sp³-hybridized carbons (Fsp3) is 0.0385. The lowest BCUT2D eigenvalue weighted by molar-refractivity contribution is 0.100. The van der Waals surface area contributed by atoms with E-state index in [1.165, 1.54) is 23.8 Å². The Labute approximate surface area is 201 Å². The number of pyridine rings is 1. The summed E-state index contributed by atoms with van der Waals surface area (Å²) in [5.41, 5.74) is 2.14. The monoisotopic (exact) mass is 485 g/mol. The average molecular weight is 486 g/mol. The summed E-state index contributed by atoms with van der Waals surface area (Å²) in [5, 5.41) is 4.69. The highest BCUT2D eigenvalue weighted by Crippen LogP contribution is 2.15. The number of rotatable bonds is 4. The second-order valence-corrected chi connectivity index (χ2v) is 10.4. The third-order valence-corrected chi connectivity index (χ3v) is 7.19. The molecule has 0 aliphatic carbocycles. The van der Waals surface area contributed by atoms with Crippen molar-refractivity contribution in [2.45, 2.75) is 4.90 Å². The van der Waals surface area contributed by atoms with Crippen molar-refractivity contribution in [2.75, 3.05) is 11.6 Å². The zero-order chi connectivity index (χ0) is 24.0. The quantitative estimate of drug-likeness (QED) is 0.408. The van der Waals surface area contributed by atoms with Crippen LogP contribution in [0.25, 0.3) is 0 Å². The summed E-state index contributed by atoms with van der Waals surface area (Å²) < 4.78 is 16.8. The van der Waals surface area contributed by atoms with Gasteiger partial charge in [0, 0.05) is 40.4 Å². The summed E-state index contributed by atoms with van der Waals surface area (Å²) in [5.74, 6) is 5.21. The lowest BCUT2D eigenvalue weighted by Gasteiger charge is -2.04. The molecule has 1 atom stereocenters. The van der Waals surface area contributed by atoms with Crippen molar-refractivity contribution in [1.29, 1.82) is 0 Å². The Hall–Kier alpha value is -4.06. The van der Waals surface area contributed by atoms with Crippen LogP contribution in [0.1, 0.15) is 31.2 Å². The van der Waals surface area contributed by atoms with Gasteiger partial charge in [0.25, 0.3) is 11.8 Å². The van der Waals surface area contributed by atoms with Gasteiger partial charge < -0.3 is 5.32 Å². The third-order valence-electron chi connectivity index (χ3n) is 4.66. The number of carbonyl (C=O) groups is 2. The van der Waals surface area contributed by atoms with Gasteiger partial charge in [0.15, 0.2) is 0 Å². The fourth-order valence-electron chi connectivity index (χ4n) is 2.94. The van der Waals surface area contributed by atoms with Gasteiger partial charge in [-0.2, -0.15) is 4.36 Å². The Balaban J connectivity index is 1.47. The summed E-state index contributed by atoms with van der Waals surface area (Å²) in [6, 6.07) is 21.0. The maximum atomic E-state index is 12.9. The first-order valence-electron chi connectivity index (χ1n) is 10.1. The van der Waals surface area contributed by atoms with Crippen molar-refractivity contribution in [1.82, 2.24) is 4.98 Å². The highest BCUT2D eigenvalue weighted by molar-refractivity contribution is 7.93. The van der Waals surface area contributed by atoms with Crippen LogP contribution >= 0.6 is 11.3 Å². The van der Waals surface area contributed by atoms with E-state index in [1.54, 1.807) is 66.9 Å². The zero-order valence-corrected chi connectivity index (χ0v) is 19.7. The second-order valence-electron chi connectivity index (χ2n) is 7.23. The molecule has 1 N–H and O–H groups in total. The largest absolute Gasteiger partial charge is 0.321 e. The first-order valence-corrected chi connectivity index (χ1v) is 12.9. The minimum Gasteiger partial charge on any atom is -0.321 e. The van der Waals surface area contributed by atoms with Gasteiger partial charge in [-0.25, -0.2) is 4.21 Å². The number of amides is 2. The van der Waals surface area contributed by atoms with Gasteiger partial charge in [-0.3, -0.25) is 14.6 Å². The van der Waals surface area contributed by atoms with Gasteiger partial charge in [0.1, 0.15) is 0 Å². The smallest absolute Gasteiger partial charge is 0.286 e. The van der Waals surface area contributed by atoms with Crippen LogP contribution in [0.15, 0.2) is 99.8 Å². The lowest BCUT2D eigenvalue weighted by Crippen LogP contribution is -2.09. The highest BCUT2D eigenvalue weighted by atomic mass is 32.2. The van der Waals surface area contributed by atoms with Crippen molar-refractivity contribution in [3.8, 4) is 11.8 Å². The molecule has 4 rings (SSSR count). The number of anilines is 1. The van der Waals surface area contributed by atoms with Crippen molar-refractivity contribution in [2.24, 2.45) is 4.36 Å². The minimum absolute atomic E-state index is 0.157. The molecular formula is C26H19N3O3S2. The molecule has 0 saturated heterocycles. The molecule has 34 heavy (non-hydrogen) atoms. The molecule has 6 nitrogen and oxygen atoms in total. The van der Waals surface area contributed by atoms with Gasteiger partial charge >= 0.3 is 0 Å². The van der Waals surface area contributed by atoms with Crippen LogP contribution in [-0.4, -0.2) is 27.3 Å². The number of carbonyl (C=O) groups excluding carboxylic acids is 2. The first-order chi connectivity index (χ1) is 16.4. The molecule has 2 aromatic heterocycles. The van der Waals surface area contributed by atoms with Crippen molar-refractivity contribution >= 4 is 38.6 Å². The summed E-state index contributed by atoms with van der Waals surface area (Å²) >= 11 is 1.38. The van der Waals surface area contributed by atoms with Crippen LogP contribution in [0.3, 0.4) is 0 Å². The molecule has 168 valence electrons. The normalized spacial score (nSPS) is 12.0. The van der Waals surface area contributed by atoms with Gasteiger partial charge in [0.2, 0.25) is 0 Å². The fourth-order valence-corrected chi connectivity index (χ4v) is 4.75. The van der Waals surface area contributed by atoms with Crippen molar-refractivity contribution in [3.05, 3.63) is 112 Å². The number of thiophene rings is 1. The molecule has 2 heterocycles.